The maximum absolute atomic E-state index is 13.9. The predicted octanol–water partition coefficient (Wildman–Crippen LogP) is 2.89. The lowest BCUT2D eigenvalue weighted by molar-refractivity contribution is -0.117. The van der Waals surface area contributed by atoms with Crippen LogP contribution in [0.2, 0.25) is 0 Å². The summed E-state index contributed by atoms with van der Waals surface area (Å²) in [7, 11) is 0. The van der Waals surface area contributed by atoms with Gasteiger partial charge in [0.15, 0.2) is 0 Å². The Morgan fingerprint density at radius 1 is 1.29 bits per heavy atom. The highest BCUT2D eigenvalue weighted by Gasteiger charge is 2.43. The molecule has 2 fully saturated rings. The van der Waals surface area contributed by atoms with Crippen LogP contribution in [0.25, 0.3) is 0 Å². The zero-order valence-corrected chi connectivity index (χ0v) is 12.1. The molecular formula is C16H20F2O3. The molecule has 0 aliphatic carbocycles. The van der Waals surface area contributed by atoms with Crippen molar-refractivity contribution in [3.63, 3.8) is 0 Å². The molecule has 116 valence electrons. The third-order valence-electron chi connectivity index (χ3n) is 4.64. The summed E-state index contributed by atoms with van der Waals surface area (Å²) in [6.45, 7) is 3.29. The normalized spacial score (nSPS) is 30.8. The van der Waals surface area contributed by atoms with E-state index < -0.39 is 17.7 Å². The minimum atomic E-state index is -0.939. The third-order valence-corrected chi connectivity index (χ3v) is 4.64. The molecule has 0 saturated carbocycles. The third kappa shape index (κ3) is 2.82. The number of hydrogen-bond donors (Lipinski definition) is 1. The lowest BCUT2D eigenvalue weighted by Crippen LogP contribution is -2.42. The van der Waals surface area contributed by atoms with Gasteiger partial charge in [-0.1, -0.05) is 0 Å². The second kappa shape index (κ2) is 5.63. The van der Waals surface area contributed by atoms with Crippen molar-refractivity contribution in [1.82, 2.24) is 0 Å². The smallest absolute Gasteiger partial charge is 0.131 e. The molecule has 5 heteroatoms. The van der Waals surface area contributed by atoms with E-state index in [1.165, 1.54) is 6.07 Å². The van der Waals surface area contributed by atoms with E-state index in [-0.39, 0.29) is 17.1 Å². The quantitative estimate of drug-likeness (QED) is 0.912. The first-order chi connectivity index (χ1) is 10.0. The van der Waals surface area contributed by atoms with Gasteiger partial charge in [0, 0.05) is 31.3 Å². The Morgan fingerprint density at radius 2 is 2.10 bits per heavy atom. The molecule has 1 aromatic carbocycles. The summed E-state index contributed by atoms with van der Waals surface area (Å²) in [5.74, 6) is -1.37. The molecule has 21 heavy (non-hydrogen) atoms. The van der Waals surface area contributed by atoms with Gasteiger partial charge in [-0.15, -0.1) is 0 Å². The fraction of sp³-hybridized carbons (Fsp3) is 0.625. The zero-order valence-electron chi connectivity index (χ0n) is 12.1. The van der Waals surface area contributed by atoms with Crippen molar-refractivity contribution >= 4 is 0 Å². The molecule has 1 N–H and O–H groups in total. The predicted molar refractivity (Wildman–Crippen MR) is 72.9 cm³/mol. The summed E-state index contributed by atoms with van der Waals surface area (Å²) >= 11 is 0. The molecule has 0 bridgehead atoms. The van der Waals surface area contributed by atoms with Crippen molar-refractivity contribution in [2.24, 2.45) is 5.92 Å². The van der Waals surface area contributed by atoms with E-state index in [4.69, 9.17) is 9.47 Å². The van der Waals surface area contributed by atoms with Crippen LogP contribution in [0.15, 0.2) is 12.1 Å². The monoisotopic (exact) mass is 298 g/mol. The van der Waals surface area contributed by atoms with E-state index in [2.05, 4.69) is 0 Å². The van der Waals surface area contributed by atoms with Crippen molar-refractivity contribution in [3.8, 4) is 0 Å². The minimum Gasteiger partial charge on any atom is -0.388 e. The fourth-order valence-corrected chi connectivity index (χ4v) is 3.36. The van der Waals surface area contributed by atoms with Gasteiger partial charge in [-0.2, -0.15) is 0 Å². The molecule has 3 nitrogen and oxygen atoms in total. The van der Waals surface area contributed by atoms with Gasteiger partial charge in [-0.3, -0.25) is 0 Å². The highest BCUT2D eigenvalue weighted by Crippen LogP contribution is 2.41. The highest BCUT2D eigenvalue weighted by atomic mass is 19.1. The lowest BCUT2D eigenvalue weighted by atomic mass is 9.80. The number of aliphatic hydroxyl groups excluding tert-OH is 1. The standard InChI is InChI=1S/C16H20F2O3/c1-10-6-12(14(18)7-13(10)17)15(19)11-2-4-21-16(8-11)3-5-20-9-16/h6-7,11,15,19H,2-5,8-9H2,1H3. The summed E-state index contributed by atoms with van der Waals surface area (Å²) in [4.78, 5) is 0. The van der Waals surface area contributed by atoms with Crippen LogP contribution in [0, 0.1) is 24.5 Å². The highest BCUT2D eigenvalue weighted by molar-refractivity contribution is 5.28. The Kier molecular flexibility index (Phi) is 3.99. The van der Waals surface area contributed by atoms with Gasteiger partial charge in [0.2, 0.25) is 0 Å². The second-order valence-corrected chi connectivity index (χ2v) is 6.15. The van der Waals surface area contributed by atoms with Crippen molar-refractivity contribution < 1.29 is 23.4 Å². The maximum atomic E-state index is 13.9. The van der Waals surface area contributed by atoms with Crippen LogP contribution in [0.3, 0.4) is 0 Å². The molecule has 3 atom stereocenters. The molecule has 1 aromatic rings. The largest absolute Gasteiger partial charge is 0.388 e. The number of aryl methyl sites for hydroxylation is 1. The van der Waals surface area contributed by atoms with Gasteiger partial charge in [-0.05, 0) is 37.3 Å². The first-order valence-corrected chi connectivity index (χ1v) is 7.36. The number of hydrogen-bond acceptors (Lipinski definition) is 3. The number of aliphatic hydroxyl groups is 1. The molecule has 3 unspecified atom stereocenters. The van der Waals surface area contributed by atoms with E-state index in [1.807, 2.05) is 0 Å². The van der Waals surface area contributed by atoms with E-state index in [0.717, 1.165) is 12.5 Å². The lowest BCUT2D eigenvalue weighted by Gasteiger charge is -2.39. The zero-order chi connectivity index (χ0) is 15.0. The van der Waals surface area contributed by atoms with E-state index >= 15 is 0 Å². The topological polar surface area (TPSA) is 38.7 Å². The van der Waals surface area contributed by atoms with Crippen LogP contribution >= 0.6 is 0 Å². The van der Waals surface area contributed by atoms with Crippen LogP contribution in [0.5, 0.6) is 0 Å². The summed E-state index contributed by atoms with van der Waals surface area (Å²) in [6, 6.07) is 2.25. The van der Waals surface area contributed by atoms with Gasteiger partial charge in [0.25, 0.3) is 0 Å². The Bertz CT molecular complexity index is 526. The van der Waals surface area contributed by atoms with Crippen molar-refractivity contribution in [2.75, 3.05) is 19.8 Å². The molecule has 0 radical (unpaired) electrons. The Labute approximate surface area is 122 Å². The van der Waals surface area contributed by atoms with Crippen LogP contribution in [-0.2, 0) is 9.47 Å². The van der Waals surface area contributed by atoms with E-state index in [9.17, 15) is 13.9 Å². The Morgan fingerprint density at radius 3 is 2.81 bits per heavy atom. The van der Waals surface area contributed by atoms with Gasteiger partial charge in [0.1, 0.15) is 11.6 Å². The van der Waals surface area contributed by atoms with Crippen molar-refractivity contribution in [3.05, 3.63) is 34.9 Å². The molecule has 3 rings (SSSR count). The SMILES string of the molecule is Cc1cc(C(O)C2CCOC3(CCOC3)C2)c(F)cc1F. The maximum Gasteiger partial charge on any atom is 0.131 e. The molecule has 2 saturated heterocycles. The molecule has 2 heterocycles. The Hall–Kier alpha value is -1.04. The molecule has 2 aliphatic heterocycles. The molecule has 0 amide bonds. The first kappa shape index (κ1) is 14.9. The minimum absolute atomic E-state index is 0.0974. The van der Waals surface area contributed by atoms with E-state index in [1.54, 1.807) is 6.92 Å². The van der Waals surface area contributed by atoms with Gasteiger partial charge < -0.3 is 14.6 Å². The number of benzene rings is 1. The molecule has 2 aliphatic rings. The van der Waals surface area contributed by atoms with Gasteiger partial charge >= 0.3 is 0 Å². The van der Waals surface area contributed by atoms with Crippen LogP contribution in [0.1, 0.15) is 36.5 Å². The molecule has 1 spiro atoms. The summed E-state index contributed by atoms with van der Waals surface area (Å²) < 4.78 is 38.5. The van der Waals surface area contributed by atoms with Crippen LogP contribution in [0.4, 0.5) is 8.78 Å². The molecule has 0 aromatic heterocycles. The Balaban J connectivity index is 1.81. The van der Waals surface area contributed by atoms with Crippen molar-refractivity contribution in [2.45, 2.75) is 37.9 Å². The number of rotatable bonds is 2. The first-order valence-electron chi connectivity index (χ1n) is 7.36. The van der Waals surface area contributed by atoms with Crippen LogP contribution in [-0.4, -0.2) is 30.5 Å². The summed E-state index contributed by atoms with van der Waals surface area (Å²) in [5, 5.41) is 10.5. The fourth-order valence-electron chi connectivity index (χ4n) is 3.36. The van der Waals surface area contributed by atoms with E-state index in [0.29, 0.717) is 38.2 Å². The van der Waals surface area contributed by atoms with Gasteiger partial charge in [0.05, 0.1) is 18.3 Å². The number of halogens is 2. The van der Waals surface area contributed by atoms with Crippen molar-refractivity contribution in [1.29, 1.82) is 0 Å². The average Bonchev–Trinajstić information content (AvgIpc) is 2.90. The molecular weight excluding hydrogens is 278 g/mol. The second-order valence-electron chi connectivity index (χ2n) is 6.15. The number of ether oxygens (including phenoxy) is 2. The average molecular weight is 298 g/mol. The van der Waals surface area contributed by atoms with Crippen LogP contribution < -0.4 is 0 Å². The van der Waals surface area contributed by atoms with Gasteiger partial charge in [-0.25, -0.2) is 8.78 Å². The summed E-state index contributed by atoms with van der Waals surface area (Å²) in [6.07, 6.45) is 1.18. The summed E-state index contributed by atoms with van der Waals surface area (Å²) in [5.41, 5.74) is 0.182.